The number of carbonyl (C=O) groups excluding carboxylic acids is 2. The third kappa shape index (κ3) is 4.84. The molecule has 0 spiro atoms. The minimum Gasteiger partial charge on any atom is -0.381 e. The largest absolute Gasteiger partial charge is 0.381 e. The first-order valence-corrected chi connectivity index (χ1v) is 12.6. The van der Waals surface area contributed by atoms with Gasteiger partial charge in [0, 0.05) is 39.0 Å². The number of hydrogen-bond donors (Lipinski definition) is 1. The molecule has 2 saturated heterocycles. The van der Waals surface area contributed by atoms with Crippen molar-refractivity contribution in [2.75, 3.05) is 39.1 Å². The van der Waals surface area contributed by atoms with Crippen LogP contribution >= 0.6 is 11.8 Å². The van der Waals surface area contributed by atoms with Gasteiger partial charge in [0.25, 0.3) is 5.91 Å². The van der Waals surface area contributed by atoms with Crippen LogP contribution in [0.4, 0.5) is 0 Å². The van der Waals surface area contributed by atoms with E-state index in [0.717, 1.165) is 23.4 Å². The number of carbonyl (C=O) groups is 2. The molecule has 0 saturated carbocycles. The number of hydrogen-bond acceptors (Lipinski definition) is 5. The Balaban J connectivity index is 1.33. The Bertz CT molecular complexity index is 923. The number of aromatic nitrogens is 1. The number of pyridine rings is 1. The molecule has 2 aliphatic rings. The van der Waals surface area contributed by atoms with Gasteiger partial charge in [-0.2, -0.15) is 0 Å². The second-order valence-corrected chi connectivity index (χ2v) is 9.36. The Labute approximate surface area is 194 Å². The van der Waals surface area contributed by atoms with Gasteiger partial charge in [0.1, 0.15) is 5.03 Å². The standard InChI is InChI=1S/C25H31N3O3S/c1-32-22-21(8-5-13-26-22)23(29)28-14-9-19(10-15-28)18-27-24(30)25(11-16-31-17-12-25)20-6-3-2-4-7-20/h2-8,13,19H,9-12,14-18H2,1H3,(H,27,30). The van der Waals surface area contributed by atoms with Crippen LogP contribution in [0.1, 0.15) is 41.6 Å². The van der Waals surface area contributed by atoms with E-state index in [2.05, 4.69) is 22.4 Å². The van der Waals surface area contributed by atoms with Crippen molar-refractivity contribution in [1.82, 2.24) is 15.2 Å². The zero-order chi connectivity index (χ0) is 22.4. The number of thioether (sulfide) groups is 1. The van der Waals surface area contributed by atoms with Gasteiger partial charge in [-0.25, -0.2) is 4.98 Å². The van der Waals surface area contributed by atoms with E-state index in [1.165, 1.54) is 11.8 Å². The molecule has 7 heteroatoms. The smallest absolute Gasteiger partial charge is 0.256 e. The Hall–Kier alpha value is -2.38. The van der Waals surface area contributed by atoms with Crippen molar-refractivity contribution >= 4 is 23.6 Å². The molecule has 0 aliphatic carbocycles. The average molecular weight is 454 g/mol. The van der Waals surface area contributed by atoms with E-state index in [1.807, 2.05) is 41.5 Å². The summed E-state index contributed by atoms with van der Waals surface area (Å²) in [7, 11) is 0. The van der Waals surface area contributed by atoms with E-state index in [1.54, 1.807) is 6.20 Å². The van der Waals surface area contributed by atoms with E-state index in [-0.39, 0.29) is 11.8 Å². The Morgan fingerprint density at radius 3 is 2.53 bits per heavy atom. The van der Waals surface area contributed by atoms with Crippen LogP contribution in [0, 0.1) is 5.92 Å². The van der Waals surface area contributed by atoms with Crippen LogP contribution < -0.4 is 5.32 Å². The molecule has 4 rings (SSSR count). The maximum atomic E-state index is 13.4. The fourth-order valence-corrected chi connectivity index (χ4v) is 5.30. The molecule has 3 heterocycles. The maximum Gasteiger partial charge on any atom is 0.256 e. The van der Waals surface area contributed by atoms with Crippen LogP contribution in [0.15, 0.2) is 53.7 Å². The number of rotatable bonds is 6. The van der Waals surface area contributed by atoms with Gasteiger partial charge in [0.2, 0.25) is 5.91 Å². The first-order valence-electron chi connectivity index (χ1n) is 11.3. The Kier molecular flexibility index (Phi) is 7.48. The zero-order valence-electron chi connectivity index (χ0n) is 18.6. The van der Waals surface area contributed by atoms with Gasteiger partial charge in [0.15, 0.2) is 0 Å². The van der Waals surface area contributed by atoms with Crippen molar-refractivity contribution in [3.05, 3.63) is 59.8 Å². The Morgan fingerprint density at radius 2 is 1.84 bits per heavy atom. The molecule has 2 aromatic rings. The van der Waals surface area contributed by atoms with Crippen molar-refractivity contribution < 1.29 is 14.3 Å². The second kappa shape index (κ2) is 10.5. The number of piperidine rings is 1. The summed E-state index contributed by atoms with van der Waals surface area (Å²) in [5.41, 5.74) is 1.24. The molecule has 0 unspecified atom stereocenters. The fourth-order valence-electron chi connectivity index (χ4n) is 4.76. The van der Waals surface area contributed by atoms with E-state index in [0.29, 0.717) is 57.2 Å². The molecule has 2 fully saturated rings. The highest BCUT2D eigenvalue weighted by atomic mass is 32.2. The SMILES string of the molecule is CSc1ncccc1C(=O)N1CCC(CNC(=O)C2(c3ccccc3)CCOCC2)CC1. The van der Waals surface area contributed by atoms with Crippen LogP contribution in [0.2, 0.25) is 0 Å². The van der Waals surface area contributed by atoms with Gasteiger partial charge in [-0.05, 0) is 55.6 Å². The molecule has 32 heavy (non-hydrogen) atoms. The Morgan fingerprint density at radius 1 is 1.12 bits per heavy atom. The molecule has 1 N–H and O–H groups in total. The van der Waals surface area contributed by atoms with Crippen LogP contribution in [0.5, 0.6) is 0 Å². The summed E-state index contributed by atoms with van der Waals surface area (Å²) in [6.07, 6.45) is 6.86. The lowest BCUT2D eigenvalue weighted by molar-refractivity contribution is -0.130. The molecule has 1 aromatic heterocycles. The number of nitrogens with one attached hydrogen (secondary N) is 1. The second-order valence-electron chi connectivity index (χ2n) is 8.57. The first kappa shape index (κ1) is 22.8. The van der Waals surface area contributed by atoms with Crippen molar-refractivity contribution in [3.8, 4) is 0 Å². The molecular formula is C25H31N3O3S. The zero-order valence-corrected chi connectivity index (χ0v) is 19.4. The van der Waals surface area contributed by atoms with E-state index in [9.17, 15) is 9.59 Å². The van der Waals surface area contributed by atoms with Gasteiger partial charge in [-0.1, -0.05) is 30.3 Å². The van der Waals surface area contributed by atoms with Crippen molar-refractivity contribution in [2.45, 2.75) is 36.1 Å². The molecule has 170 valence electrons. The molecule has 2 amide bonds. The average Bonchev–Trinajstić information content (AvgIpc) is 2.88. The van der Waals surface area contributed by atoms with Crippen molar-refractivity contribution in [2.24, 2.45) is 5.92 Å². The molecular weight excluding hydrogens is 422 g/mol. The van der Waals surface area contributed by atoms with Gasteiger partial charge in [-0.15, -0.1) is 11.8 Å². The first-order chi connectivity index (χ1) is 15.6. The van der Waals surface area contributed by atoms with E-state index in [4.69, 9.17) is 4.74 Å². The predicted molar refractivity (Wildman–Crippen MR) is 126 cm³/mol. The van der Waals surface area contributed by atoms with Gasteiger partial charge in [0.05, 0.1) is 11.0 Å². The monoisotopic (exact) mass is 453 g/mol. The van der Waals surface area contributed by atoms with Crippen LogP contribution in [0.3, 0.4) is 0 Å². The normalized spacial score (nSPS) is 18.8. The quantitative estimate of drug-likeness (QED) is 0.678. The lowest BCUT2D eigenvalue weighted by atomic mass is 9.73. The number of nitrogens with zero attached hydrogens (tertiary/aromatic N) is 2. The summed E-state index contributed by atoms with van der Waals surface area (Å²) in [6, 6.07) is 13.7. The lowest BCUT2D eigenvalue weighted by Gasteiger charge is -2.37. The highest BCUT2D eigenvalue weighted by molar-refractivity contribution is 7.98. The molecule has 0 atom stereocenters. The molecule has 0 radical (unpaired) electrons. The minimum absolute atomic E-state index is 0.0511. The van der Waals surface area contributed by atoms with E-state index < -0.39 is 5.41 Å². The van der Waals surface area contributed by atoms with Crippen molar-refractivity contribution in [3.63, 3.8) is 0 Å². The van der Waals surface area contributed by atoms with Crippen LogP contribution in [-0.2, 0) is 14.9 Å². The van der Waals surface area contributed by atoms with Crippen molar-refractivity contribution in [1.29, 1.82) is 0 Å². The number of amides is 2. The molecule has 1 aromatic carbocycles. The van der Waals surface area contributed by atoms with Gasteiger partial charge < -0.3 is 15.0 Å². The number of benzene rings is 1. The fraction of sp³-hybridized carbons (Fsp3) is 0.480. The molecule has 6 nitrogen and oxygen atoms in total. The summed E-state index contributed by atoms with van der Waals surface area (Å²) < 4.78 is 5.55. The molecule has 0 bridgehead atoms. The third-order valence-corrected chi connectivity index (χ3v) is 7.47. The lowest BCUT2D eigenvalue weighted by Crippen LogP contribution is -2.50. The van der Waals surface area contributed by atoms with Crippen LogP contribution in [0.25, 0.3) is 0 Å². The summed E-state index contributed by atoms with van der Waals surface area (Å²) in [4.78, 5) is 32.5. The maximum absolute atomic E-state index is 13.4. The van der Waals surface area contributed by atoms with Crippen LogP contribution in [-0.4, -0.2) is 60.8 Å². The topological polar surface area (TPSA) is 71.5 Å². The number of ether oxygens (including phenoxy) is 1. The molecule has 2 aliphatic heterocycles. The summed E-state index contributed by atoms with van der Waals surface area (Å²) >= 11 is 1.50. The number of likely N-dealkylation sites (tertiary alicyclic amines) is 1. The van der Waals surface area contributed by atoms with E-state index >= 15 is 0 Å². The van der Waals surface area contributed by atoms with Gasteiger partial charge in [-0.3, -0.25) is 9.59 Å². The summed E-state index contributed by atoms with van der Waals surface area (Å²) in [5, 5.41) is 4.02. The predicted octanol–water partition coefficient (Wildman–Crippen LogP) is 3.52. The summed E-state index contributed by atoms with van der Waals surface area (Å²) in [6.45, 7) is 3.28. The third-order valence-electron chi connectivity index (χ3n) is 6.76. The summed E-state index contributed by atoms with van der Waals surface area (Å²) in [5.74, 6) is 0.533. The van der Waals surface area contributed by atoms with Gasteiger partial charge >= 0.3 is 0 Å². The minimum atomic E-state index is -0.509. The highest BCUT2D eigenvalue weighted by Crippen LogP contribution is 2.35. The highest BCUT2D eigenvalue weighted by Gasteiger charge is 2.41.